The van der Waals surface area contributed by atoms with Gasteiger partial charge in [-0.15, -0.1) is 0 Å². The number of carbonyl (C=O) groups excluding carboxylic acids is 2. The van der Waals surface area contributed by atoms with Gasteiger partial charge in [-0.25, -0.2) is 4.98 Å². The Labute approximate surface area is 243 Å². The van der Waals surface area contributed by atoms with Gasteiger partial charge >= 0.3 is 6.18 Å². The number of anilines is 1. The third-order valence-electron chi connectivity index (χ3n) is 7.05. The lowest BCUT2D eigenvalue weighted by Crippen LogP contribution is -2.25. The van der Waals surface area contributed by atoms with Crippen LogP contribution in [0.15, 0.2) is 67.0 Å². The molecule has 0 bridgehead atoms. The van der Waals surface area contributed by atoms with Crippen LogP contribution >= 0.6 is 0 Å². The quantitative estimate of drug-likeness (QED) is 0.195. The third-order valence-corrected chi connectivity index (χ3v) is 7.05. The molecule has 2 amide bonds. The van der Waals surface area contributed by atoms with E-state index in [9.17, 15) is 22.8 Å². The molecule has 4 aromatic rings. The predicted molar refractivity (Wildman–Crippen MR) is 157 cm³/mol. The second-order valence-corrected chi connectivity index (χ2v) is 10.2. The van der Waals surface area contributed by atoms with Gasteiger partial charge in [-0.3, -0.25) is 18.9 Å². The van der Waals surface area contributed by atoms with Crippen LogP contribution in [0.25, 0.3) is 5.65 Å². The Morgan fingerprint density at radius 3 is 2.48 bits per heavy atom. The number of imidazole rings is 1. The molecule has 42 heavy (non-hydrogen) atoms. The zero-order valence-corrected chi connectivity index (χ0v) is 24.1. The zero-order chi connectivity index (χ0) is 30.3. The van der Waals surface area contributed by atoms with E-state index in [1.165, 1.54) is 6.20 Å². The predicted octanol–water partition coefficient (Wildman–Crippen LogP) is 6.72. The minimum atomic E-state index is -4.55. The summed E-state index contributed by atoms with van der Waals surface area (Å²) in [6.45, 7) is 8.00. The van der Waals surface area contributed by atoms with Crippen LogP contribution in [0, 0.1) is 0 Å². The highest BCUT2D eigenvalue weighted by molar-refractivity contribution is 6.04. The van der Waals surface area contributed by atoms with E-state index >= 15 is 0 Å². The van der Waals surface area contributed by atoms with Crippen molar-refractivity contribution in [1.82, 2.24) is 19.6 Å². The van der Waals surface area contributed by atoms with E-state index in [2.05, 4.69) is 20.5 Å². The number of hydrogen-bond acceptors (Lipinski definition) is 4. The van der Waals surface area contributed by atoms with Crippen molar-refractivity contribution >= 4 is 23.1 Å². The molecule has 0 saturated carbocycles. The van der Waals surface area contributed by atoms with Crippen LogP contribution in [0.2, 0.25) is 0 Å². The van der Waals surface area contributed by atoms with Crippen LogP contribution in [0.3, 0.4) is 0 Å². The Kier molecular flexibility index (Phi) is 10.0. The minimum absolute atomic E-state index is 0.0810. The number of benzene rings is 2. The number of carbonyl (C=O) groups is 2. The first-order valence-electron chi connectivity index (χ1n) is 14.2. The third kappa shape index (κ3) is 7.55. The number of alkyl halides is 3. The van der Waals surface area contributed by atoms with Crippen molar-refractivity contribution in [2.24, 2.45) is 0 Å². The molecule has 222 valence electrons. The Hall–Kier alpha value is -4.18. The Morgan fingerprint density at radius 1 is 0.952 bits per heavy atom. The topological polar surface area (TPSA) is 78.7 Å². The first kappa shape index (κ1) is 30.8. The standard InChI is InChI=1S/C32H36F3N5O2/c1-4-9-23-11-12-24(17-25(23)19-37-31(42)28-20-36-29-10-7-8-14-40(28)29)30(41)38-27-16-22(21-39(6-3)13-5-2)15-26(18-27)32(33,34)35/h7-8,10-12,14-18,20H,4-6,9,13,19,21H2,1-3H3,(H,37,42)(H,38,41). The molecule has 0 radical (unpaired) electrons. The fourth-order valence-corrected chi connectivity index (χ4v) is 4.96. The number of aryl methyl sites for hydroxylation is 1. The van der Waals surface area contributed by atoms with Crippen molar-refractivity contribution in [2.75, 3.05) is 18.4 Å². The maximum Gasteiger partial charge on any atom is 0.416 e. The number of fused-ring (bicyclic) bond motifs is 1. The smallest absolute Gasteiger partial charge is 0.347 e. The highest BCUT2D eigenvalue weighted by Crippen LogP contribution is 2.32. The number of hydrogen-bond donors (Lipinski definition) is 2. The molecule has 7 nitrogen and oxygen atoms in total. The number of aromatic nitrogens is 2. The van der Waals surface area contributed by atoms with Gasteiger partial charge in [0, 0.05) is 30.5 Å². The van der Waals surface area contributed by atoms with Crippen LogP contribution in [0.1, 0.15) is 76.7 Å². The second kappa shape index (κ2) is 13.7. The molecule has 10 heteroatoms. The van der Waals surface area contributed by atoms with Crippen LogP contribution in [0.4, 0.5) is 18.9 Å². The van der Waals surface area contributed by atoms with Crippen molar-refractivity contribution in [3.05, 3.63) is 101 Å². The first-order valence-corrected chi connectivity index (χ1v) is 14.2. The summed E-state index contributed by atoms with van der Waals surface area (Å²) in [6, 6.07) is 14.3. The number of pyridine rings is 1. The number of nitrogens with zero attached hydrogens (tertiary/aromatic N) is 3. The molecular formula is C32H36F3N5O2. The van der Waals surface area contributed by atoms with Gasteiger partial charge < -0.3 is 10.6 Å². The lowest BCUT2D eigenvalue weighted by Gasteiger charge is -2.21. The van der Waals surface area contributed by atoms with Crippen LogP contribution in [-0.2, 0) is 25.7 Å². The van der Waals surface area contributed by atoms with Gasteiger partial charge in [0.15, 0.2) is 0 Å². The van der Waals surface area contributed by atoms with E-state index in [-0.39, 0.29) is 23.7 Å². The van der Waals surface area contributed by atoms with Crippen LogP contribution < -0.4 is 10.6 Å². The monoisotopic (exact) mass is 579 g/mol. The number of halogens is 3. The van der Waals surface area contributed by atoms with Crippen molar-refractivity contribution < 1.29 is 22.8 Å². The van der Waals surface area contributed by atoms with Crippen molar-refractivity contribution in [3.8, 4) is 0 Å². The zero-order valence-electron chi connectivity index (χ0n) is 24.1. The Balaban J connectivity index is 1.55. The van der Waals surface area contributed by atoms with Gasteiger partial charge in [0.25, 0.3) is 11.8 Å². The Morgan fingerprint density at radius 2 is 1.76 bits per heavy atom. The molecule has 0 spiro atoms. The fraction of sp³-hybridized carbons (Fsp3) is 0.344. The van der Waals surface area contributed by atoms with Gasteiger partial charge in [0.05, 0.1) is 11.8 Å². The SMILES string of the molecule is CCCc1ccc(C(=O)Nc2cc(CN(CC)CCC)cc(C(F)(F)F)c2)cc1CNC(=O)c1cnc2ccccn12. The normalized spacial score (nSPS) is 11.7. The highest BCUT2D eigenvalue weighted by atomic mass is 19.4. The second-order valence-electron chi connectivity index (χ2n) is 10.2. The first-order chi connectivity index (χ1) is 20.1. The maximum absolute atomic E-state index is 13.7. The average molecular weight is 580 g/mol. The maximum atomic E-state index is 13.7. The molecule has 0 unspecified atom stereocenters. The van der Waals surface area contributed by atoms with E-state index in [4.69, 9.17) is 0 Å². The van der Waals surface area contributed by atoms with Crippen molar-refractivity contribution in [3.63, 3.8) is 0 Å². The molecule has 0 atom stereocenters. The fourth-order valence-electron chi connectivity index (χ4n) is 4.96. The van der Waals surface area contributed by atoms with Gasteiger partial charge in [-0.2, -0.15) is 13.2 Å². The summed E-state index contributed by atoms with van der Waals surface area (Å²) in [6.07, 6.45) is 1.20. The molecule has 0 aliphatic heterocycles. The highest BCUT2D eigenvalue weighted by Gasteiger charge is 2.31. The van der Waals surface area contributed by atoms with E-state index in [1.807, 2.05) is 39.0 Å². The van der Waals surface area contributed by atoms with Crippen molar-refractivity contribution in [2.45, 2.75) is 59.3 Å². The number of nitrogens with one attached hydrogen (secondary N) is 2. The summed E-state index contributed by atoms with van der Waals surface area (Å²) in [5.74, 6) is -0.842. The summed E-state index contributed by atoms with van der Waals surface area (Å²) in [7, 11) is 0. The number of rotatable bonds is 12. The molecular weight excluding hydrogens is 543 g/mol. The molecule has 0 fully saturated rings. The summed E-state index contributed by atoms with van der Waals surface area (Å²) in [5.41, 5.74) is 2.81. The van der Waals surface area contributed by atoms with Crippen LogP contribution in [0.5, 0.6) is 0 Å². The van der Waals surface area contributed by atoms with E-state index in [1.54, 1.807) is 34.9 Å². The molecule has 0 aliphatic carbocycles. The molecule has 2 aromatic carbocycles. The Bertz CT molecular complexity index is 1550. The van der Waals surface area contributed by atoms with E-state index in [0.717, 1.165) is 49.1 Å². The molecule has 2 N–H and O–H groups in total. The average Bonchev–Trinajstić information content (AvgIpc) is 3.40. The minimum Gasteiger partial charge on any atom is -0.347 e. The van der Waals surface area contributed by atoms with Gasteiger partial charge in [0.1, 0.15) is 11.3 Å². The molecule has 0 saturated heterocycles. The van der Waals surface area contributed by atoms with Crippen LogP contribution in [-0.4, -0.2) is 39.2 Å². The lowest BCUT2D eigenvalue weighted by atomic mass is 9.99. The van der Waals surface area contributed by atoms with Gasteiger partial charge in [-0.05, 0) is 85.1 Å². The largest absolute Gasteiger partial charge is 0.416 e. The van der Waals surface area contributed by atoms with E-state index in [0.29, 0.717) is 30.0 Å². The summed E-state index contributed by atoms with van der Waals surface area (Å²) < 4.78 is 42.8. The summed E-state index contributed by atoms with van der Waals surface area (Å²) >= 11 is 0. The summed E-state index contributed by atoms with van der Waals surface area (Å²) in [5, 5.41) is 5.58. The number of amides is 2. The van der Waals surface area contributed by atoms with E-state index < -0.39 is 17.6 Å². The van der Waals surface area contributed by atoms with Crippen molar-refractivity contribution in [1.29, 1.82) is 0 Å². The van der Waals surface area contributed by atoms with Gasteiger partial charge in [-0.1, -0.05) is 39.3 Å². The molecule has 2 aromatic heterocycles. The lowest BCUT2D eigenvalue weighted by molar-refractivity contribution is -0.137. The van der Waals surface area contributed by atoms with Gasteiger partial charge in [0.2, 0.25) is 0 Å². The molecule has 4 rings (SSSR count). The molecule has 2 heterocycles. The molecule has 0 aliphatic rings. The summed E-state index contributed by atoms with van der Waals surface area (Å²) in [4.78, 5) is 32.5.